The number of hydrogen-bond acceptors (Lipinski definition) is 3. The second kappa shape index (κ2) is 10.6. The van der Waals surface area contributed by atoms with Crippen LogP contribution in [0.1, 0.15) is 28.9 Å². The monoisotopic (exact) mass is 478 g/mol. The lowest BCUT2D eigenvalue weighted by Gasteiger charge is -2.40. The van der Waals surface area contributed by atoms with Crippen LogP contribution in [0.15, 0.2) is 54.6 Å². The van der Waals surface area contributed by atoms with Crippen molar-refractivity contribution in [2.45, 2.75) is 25.3 Å². The predicted molar refractivity (Wildman–Crippen MR) is 137 cm³/mol. The molecule has 0 spiro atoms. The van der Waals surface area contributed by atoms with Crippen LogP contribution in [0.25, 0.3) is 10.9 Å². The minimum atomic E-state index is -0.262. The van der Waals surface area contributed by atoms with E-state index in [0.29, 0.717) is 31.7 Å². The fraction of sp³-hybridized carbons (Fsp3) is 0.429. The van der Waals surface area contributed by atoms with Gasteiger partial charge in [-0.3, -0.25) is 9.59 Å². The van der Waals surface area contributed by atoms with Crippen molar-refractivity contribution in [1.82, 2.24) is 19.3 Å². The molecule has 1 fully saturated rings. The summed E-state index contributed by atoms with van der Waals surface area (Å²) in [4.78, 5) is 31.9. The SMILES string of the molecule is CN(C)CC(=O)N(C)[C@H](Cc1ccc(F)cc1)C1CCN(C(=O)c2cc3ccccc3n2C)CC1. The highest BCUT2D eigenvalue weighted by atomic mass is 19.1. The van der Waals surface area contributed by atoms with Crippen molar-refractivity contribution in [3.63, 3.8) is 0 Å². The Morgan fingerprint density at radius 2 is 1.69 bits per heavy atom. The van der Waals surface area contributed by atoms with Crippen molar-refractivity contribution in [2.75, 3.05) is 40.8 Å². The fourth-order valence-electron chi connectivity index (χ4n) is 5.19. The molecule has 3 aromatic rings. The third-order valence-electron chi connectivity index (χ3n) is 7.24. The van der Waals surface area contributed by atoms with Gasteiger partial charge in [-0.05, 0) is 69.1 Å². The number of likely N-dealkylation sites (tertiary alicyclic amines) is 1. The Morgan fingerprint density at radius 1 is 1.03 bits per heavy atom. The van der Waals surface area contributed by atoms with Gasteiger partial charge in [-0.1, -0.05) is 30.3 Å². The molecule has 0 aliphatic carbocycles. The highest BCUT2D eigenvalue weighted by Crippen LogP contribution is 2.28. The smallest absolute Gasteiger partial charge is 0.270 e. The maximum Gasteiger partial charge on any atom is 0.270 e. The number of halogens is 1. The minimum absolute atomic E-state index is 0.0113. The Balaban J connectivity index is 1.48. The molecule has 0 bridgehead atoms. The molecule has 6 nitrogen and oxygen atoms in total. The Hall–Kier alpha value is -3.19. The average molecular weight is 479 g/mol. The maximum absolute atomic E-state index is 13.5. The van der Waals surface area contributed by atoms with Crippen molar-refractivity contribution < 1.29 is 14.0 Å². The summed E-state index contributed by atoms with van der Waals surface area (Å²) in [7, 11) is 7.58. The molecule has 0 N–H and O–H groups in total. The number of carbonyl (C=O) groups excluding carboxylic acids is 2. The molecular weight excluding hydrogens is 443 g/mol. The molecule has 2 heterocycles. The molecule has 0 saturated carbocycles. The van der Waals surface area contributed by atoms with Gasteiger partial charge in [0, 0.05) is 44.1 Å². The zero-order valence-corrected chi connectivity index (χ0v) is 21.1. The summed E-state index contributed by atoms with van der Waals surface area (Å²) in [5.41, 5.74) is 2.76. The summed E-state index contributed by atoms with van der Waals surface area (Å²) in [6.45, 7) is 1.65. The van der Waals surface area contributed by atoms with Crippen molar-refractivity contribution in [2.24, 2.45) is 13.0 Å². The van der Waals surface area contributed by atoms with Gasteiger partial charge < -0.3 is 19.3 Å². The van der Waals surface area contributed by atoms with Crippen molar-refractivity contribution in [3.05, 3.63) is 71.7 Å². The number of nitrogens with zero attached hydrogens (tertiary/aromatic N) is 4. The molecule has 2 amide bonds. The van der Waals surface area contributed by atoms with Gasteiger partial charge in [0.2, 0.25) is 5.91 Å². The normalized spacial score (nSPS) is 15.5. The molecule has 4 rings (SSSR count). The second-order valence-electron chi connectivity index (χ2n) is 9.92. The van der Waals surface area contributed by atoms with Gasteiger partial charge in [0.25, 0.3) is 5.91 Å². The highest BCUT2D eigenvalue weighted by Gasteiger charge is 2.33. The lowest BCUT2D eigenvalue weighted by atomic mass is 9.84. The van der Waals surface area contributed by atoms with Gasteiger partial charge in [-0.15, -0.1) is 0 Å². The summed E-state index contributed by atoms with van der Waals surface area (Å²) in [5.74, 6) is 0.112. The third kappa shape index (κ3) is 5.56. The largest absolute Gasteiger partial charge is 0.341 e. The molecule has 1 aromatic heterocycles. The van der Waals surface area contributed by atoms with Crippen LogP contribution in [0.3, 0.4) is 0 Å². The van der Waals surface area contributed by atoms with Crippen LogP contribution in [0.2, 0.25) is 0 Å². The van der Waals surface area contributed by atoms with E-state index < -0.39 is 0 Å². The van der Waals surface area contributed by atoms with Crippen LogP contribution >= 0.6 is 0 Å². The van der Waals surface area contributed by atoms with Gasteiger partial charge in [0.1, 0.15) is 11.5 Å². The Kier molecular flexibility index (Phi) is 7.55. The average Bonchev–Trinajstić information content (AvgIpc) is 3.19. The lowest BCUT2D eigenvalue weighted by molar-refractivity contribution is -0.134. The first-order valence-corrected chi connectivity index (χ1v) is 12.2. The fourth-order valence-corrected chi connectivity index (χ4v) is 5.19. The lowest BCUT2D eigenvalue weighted by Crippen LogP contribution is -2.50. The maximum atomic E-state index is 13.5. The van der Waals surface area contributed by atoms with E-state index in [1.54, 1.807) is 12.1 Å². The molecule has 0 radical (unpaired) electrons. The number of hydrogen-bond donors (Lipinski definition) is 0. The molecule has 1 aliphatic rings. The summed E-state index contributed by atoms with van der Waals surface area (Å²) in [6.07, 6.45) is 2.31. The number of likely N-dealkylation sites (N-methyl/N-ethyl adjacent to an activating group) is 2. The predicted octanol–water partition coefficient (Wildman–Crippen LogP) is 3.80. The molecule has 35 heavy (non-hydrogen) atoms. The van der Waals surface area contributed by atoms with Gasteiger partial charge >= 0.3 is 0 Å². The number of benzene rings is 2. The van der Waals surface area contributed by atoms with Gasteiger partial charge in [-0.25, -0.2) is 4.39 Å². The number of aryl methyl sites for hydroxylation is 1. The minimum Gasteiger partial charge on any atom is -0.341 e. The first-order chi connectivity index (χ1) is 16.7. The number of piperidine rings is 1. The zero-order valence-electron chi connectivity index (χ0n) is 21.1. The molecule has 0 unspecified atom stereocenters. The van der Waals surface area contributed by atoms with Crippen molar-refractivity contribution >= 4 is 22.7 Å². The molecule has 1 aliphatic heterocycles. The molecular formula is C28H35FN4O2. The Morgan fingerprint density at radius 3 is 2.31 bits per heavy atom. The molecule has 186 valence electrons. The van der Waals surface area contributed by atoms with E-state index in [1.165, 1.54) is 12.1 Å². The van der Waals surface area contributed by atoms with E-state index in [0.717, 1.165) is 29.3 Å². The first kappa shape index (κ1) is 24.9. The van der Waals surface area contributed by atoms with Gasteiger partial charge in [0.15, 0.2) is 0 Å². The molecule has 2 aromatic carbocycles. The number of aromatic nitrogens is 1. The van der Waals surface area contributed by atoms with Crippen molar-refractivity contribution in [1.29, 1.82) is 0 Å². The molecule has 7 heteroatoms. The third-order valence-corrected chi connectivity index (χ3v) is 7.24. The van der Waals surface area contributed by atoms with E-state index in [9.17, 15) is 14.0 Å². The van der Waals surface area contributed by atoms with Gasteiger partial charge in [0.05, 0.1) is 6.54 Å². The highest BCUT2D eigenvalue weighted by molar-refractivity contribution is 5.98. The number of fused-ring (bicyclic) bond motifs is 1. The molecule has 1 saturated heterocycles. The summed E-state index contributed by atoms with van der Waals surface area (Å²) < 4.78 is 15.4. The number of amides is 2. The van der Waals surface area contributed by atoms with E-state index in [4.69, 9.17) is 0 Å². The zero-order chi connectivity index (χ0) is 25.1. The topological polar surface area (TPSA) is 48.8 Å². The Labute approximate surface area is 206 Å². The van der Waals surface area contributed by atoms with Crippen LogP contribution in [0, 0.1) is 11.7 Å². The first-order valence-electron chi connectivity index (χ1n) is 12.2. The summed E-state index contributed by atoms with van der Waals surface area (Å²) in [6, 6.07) is 16.5. The van der Waals surface area contributed by atoms with Crippen LogP contribution in [0.4, 0.5) is 4.39 Å². The van der Waals surface area contributed by atoms with Crippen LogP contribution in [-0.2, 0) is 18.3 Å². The summed E-state index contributed by atoms with van der Waals surface area (Å²) >= 11 is 0. The van der Waals surface area contributed by atoms with E-state index in [1.807, 2.05) is 77.8 Å². The van der Waals surface area contributed by atoms with E-state index in [-0.39, 0.29) is 29.6 Å². The quantitative estimate of drug-likeness (QED) is 0.519. The van der Waals surface area contributed by atoms with E-state index >= 15 is 0 Å². The van der Waals surface area contributed by atoms with Crippen LogP contribution < -0.4 is 0 Å². The molecule has 1 atom stereocenters. The van der Waals surface area contributed by atoms with E-state index in [2.05, 4.69) is 0 Å². The van der Waals surface area contributed by atoms with Gasteiger partial charge in [-0.2, -0.15) is 0 Å². The van der Waals surface area contributed by atoms with Crippen LogP contribution in [0.5, 0.6) is 0 Å². The summed E-state index contributed by atoms with van der Waals surface area (Å²) in [5, 5.41) is 1.06. The van der Waals surface area contributed by atoms with Crippen molar-refractivity contribution in [3.8, 4) is 0 Å². The second-order valence-corrected chi connectivity index (χ2v) is 9.92. The number of rotatable bonds is 7. The number of carbonyl (C=O) groups is 2. The standard InChI is InChI=1S/C28H35FN4O2/c1-30(2)19-27(34)32(4)25(17-20-9-11-23(29)12-10-20)21-13-15-33(16-14-21)28(35)26-18-22-7-5-6-8-24(22)31(26)3/h5-12,18,21,25H,13-17,19H2,1-4H3/t25-/m1/s1. The number of para-hydroxylation sites is 1. The van der Waals surface area contributed by atoms with Crippen LogP contribution in [-0.4, -0.2) is 77.9 Å². The Bertz CT molecular complexity index is 1180.